The molecule has 0 unspecified atom stereocenters. The van der Waals surface area contributed by atoms with Crippen LogP contribution in [-0.2, 0) is 0 Å². The minimum Gasteiger partial charge on any atom is -0.495 e. The van der Waals surface area contributed by atoms with Crippen molar-refractivity contribution in [2.45, 2.75) is 0 Å². The molecule has 0 aliphatic carbocycles. The first-order valence-electron chi connectivity index (χ1n) is 6.15. The molecule has 2 rings (SSSR count). The first kappa shape index (κ1) is 14.9. The lowest BCUT2D eigenvalue weighted by molar-refractivity contribution is 0.103. The molecule has 108 valence electrons. The van der Waals surface area contributed by atoms with E-state index in [0.29, 0.717) is 16.5 Å². The molecule has 0 bridgehead atoms. The summed E-state index contributed by atoms with van der Waals surface area (Å²) in [6.45, 7) is 0. The molecule has 1 heterocycles. The number of ketones is 1. The molecule has 0 saturated heterocycles. The van der Waals surface area contributed by atoms with Crippen LogP contribution in [0.25, 0.3) is 10.9 Å². The number of benzene rings is 1. The van der Waals surface area contributed by atoms with Gasteiger partial charge in [0.05, 0.1) is 17.8 Å². The molecule has 1 aromatic heterocycles. The van der Waals surface area contributed by atoms with E-state index in [4.69, 9.17) is 21.6 Å². The zero-order valence-electron chi connectivity index (χ0n) is 11.9. The summed E-state index contributed by atoms with van der Waals surface area (Å²) >= 11 is 6.06. The van der Waals surface area contributed by atoms with Crippen molar-refractivity contribution in [3.63, 3.8) is 0 Å². The number of hydrogen-bond donors (Lipinski definition) is 1. The van der Waals surface area contributed by atoms with E-state index in [2.05, 4.69) is 4.98 Å². The first-order chi connectivity index (χ1) is 9.96. The maximum Gasteiger partial charge on any atom is 0.221 e. The molecule has 1 N–H and O–H groups in total. The summed E-state index contributed by atoms with van der Waals surface area (Å²) < 4.78 is 5.14. The zero-order valence-corrected chi connectivity index (χ0v) is 12.7. The number of Topliss-reactive ketones (excluding diaryl/α,β-unsaturated/α-hetero) is 1. The lowest BCUT2D eigenvalue weighted by Crippen LogP contribution is -2.09. The summed E-state index contributed by atoms with van der Waals surface area (Å²) in [7, 11) is 5.02. The van der Waals surface area contributed by atoms with Crippen LogP contribution in [0, 0.1) is 11.3 Å². The van der Waals surface area contributed by atoms with Crippen molar-refractivity contribution in [3.05, 3.63) is 40.7 Å². The number of aromatic nitrogens is 1. The molecule has 0 spiro atoms. The Bertz CT molecular complexity index is 769. The molecule has 0 fully saturated rings. The number of H-pyrrole nitrogens is 1. The van der Waals surface area contributed by atoms with E-state index in [1.807, 2.05) is 6.07 Å². The molecule has 0 radical (unpaired) electrons. The smallest absolute Gasteiger partial charge is 0.221 e. The molecule has 0 aliphatic rings. The van der Waals surface area contributed by atoms with Crippen molar-refractivity contribution in [2.75, 3.05) is 21.2 Å². The number of nitriles is 1. The van der Waals surface area contributed by atoms with Gasteiger partial charge in [-0.1, -0.05) is 11.6 Å². The molecule has 0 atom stereocenters. The molecule has 0 amide bonds. The highest BCUT2D eigenvalue weighted by Gasteiger charge is 2.16. The third kappa shape index (κ3) is 3.01. The summed E-state index contributed by atoms with van der Waals surface area (Å²) in [5, 5.41) is 10.3. The fourth-order valence-corrected chi connectivity index (χ4v) is 2.20. The number of nitrogens with one attached hydrogen (secondary N) is 1. The standard InChI is InChI=1S/C15H14ClN3O2/c1-19(2)8-10(7-17)15(20)13-5-9-4-11(16)14(21-3)6-12(9)18-13/h4-6,8,18H,1-3H3/b10-8+. The Morgan fingerprint density at radius 2 is 2.14 bits per heavy atom. The molecule has 1 aromatic carbocycles. The van der Waals surface area contributed by atoms with Crippen molar-refractivity contribution < 1.29 is 9.53 Å². The highest BCUT2D eigenvalue weighted by Crippen LogP contribution is 2.30. The van der Waals surface area contributed by atoms with Crippen LogP contribution in [0.3, 0.4) is 0 Å². The second-order valence-electron chi connectivity index (χ2n) is 4.70. The van der Waals surface area contributed by atoms with Crippen LogP contribution in [0.2, 0.25) is 5.02 Å². The number of rotatable bonds is 4. The number of carbonyl (C=O) groups excluding carboxylic acids is 1. The second-order valence-corrected chi connectivity index (χ2v) is 5.11. The normalized spacial score (nSPS) is 11.3. The summed E-state index contributed by atoms with van der Waals surface area (Å²) in [6, 6.07) is 7.01. The van der Waals surface area contributed by atoms with Gasteiger partial charge in [-0.3, -0.25) is 4.79 Å². The molecule has 2 aromatic rings. The number of nitrogens with zero attached hydrogens (tertiary/aromatic N) is 2. The van der Waals surface area contributed by atoms with Crippen molar-refractivity contribution in [3.8, 4) is 11.8 Å². The Labute approximate surface area is 127 Å². The lowest BCUT2D eigenvalue weighted by Gasteiger charge is -2.04. The highest BCUT2D eigenvalue weighted by atomic mass is 35.5. The Kier molecular flexibility index (Phi) is 4.20. The lowest BCUT2D eigenvalue weighted by atomic mass is 10.1. The maximum absolute atomic E-state index is 12.3. The number of hydrogen-bond acceptors (Lipinski definition) is 4. The van der Waals surface area contributed by atoms with Crippen LogP contribution < -0.4 is 4.74 Å². The topological polar surface area (TPSA) is 69.1 Å². The largest absolute Gasteiger partial charge is 0.495 e. The van der Waals surface area contributed by atoms with Crippen molar-refractivity contribution in [1.82, 2.24) is 9.88 Å². The number of ether oxygens (including phenoxy) is 1. The third-order valence-electron chi connectivity index (χ3n) is 2.89. The molecular formula is C15H14ClN3O2. The predicted octanol–water partition coefficient (Wildman–Crippen LogP) is 2.98. The third-order valence-corrected chi connectivity index (χ3v) is 3.19. The van der Waals surface area contributed by atoms with Crippen LogP contribution in [0.1, 0.15) is 10.5 Å². The van der Waals surface area contributed by atoms with E-state index in [9.17, 15) is 4.79 Å². The number of fused-ring (bicyclic) bond motifs is 1. The summed E-state index contributed by atoms with van der Waals surface area (Å²) in [5.74, 6) is 0.159. The van der Waals surface area contributed by atoms with Gasteiger partial charge in [-0.05, 0) is 12.1 Å². The highest BCUT2D eigenvalue weighted by molar-refractivity contribution is 6.33. The van der Waals surface area contributed by atoms with Gasteiger partial charge in [0.1, 0.15) is 17.4 Å². The van der Waals surface area contributed by atoms with Gasteiger partial charge in [0.25, 0.3) is 0 Å². The molecule has 0 aliphatic heterocycles. The quantitative estimate of drug-likeness (QED) is 0.535. The number of aromatic amines is 1. The molecule has 21 heavy (non-hydrogen) atoms. The van der Waals surface area contributed by atoms with E-state index in [1.165, 1.54) is 13.3 Å². The monoisotopic (exact) mass is 303 g/mol. The summed E-state index contributed by atoms with van der Waals surface area (Å²) in [4.78, 5) is 16.9. The maximum atomic E-state index is 12.3. The van der Waals surface area contributed by atoms with Crippen LogP contribution in [-0.4, -0.2) is 36.9 Å². The zero-order chi connectivity index (χ0) is 15.6. The second kappa shape index (κ2) is 5.90. The first-order valence-corrected chi connectivity index (χ1v) is 6.53. The van der Waals surface area contributed by atoms with Gasteiger partial charge in [0, 0.05) is 37.3 Å². The fourth-order valence-electron chi connectivity index (χ4n) is 1.95. The van der Waals surface area contributed by atoms with Gasteiger partial charge in [-0.25, -0.2) is 0 Å². The van der Waals surface area contributed by atoms with Gasteiger partial charge in [-0.15, -0.1) is 0 Å². The van der Waals surface area contributed by atoms with E-state index in [-0.39, 0.29) is 11.4 Å². The Morgan fingerprint density at radius 3 is 2.71 bits per heavy atom. The minimum absolute atomic E-state index is 0.0598. The van der Waals surface area contributed by atoms with Crippen LogP contribution >= 0.6 is 11.6 Å². The number of carbonyl (C=O) groups is 1. The molecule has 0 saturated carbocycles. The van der Waals surface area contributed by atoms with E-state index in [1.54, 1.807) is 37.2 Å². The fraction of sp³-hybridized carbons (Fsp3) is 0.200. The van der Waals surface area contributed by atoms with Crippen molar-refractivity contribution in [1.29, 1.82) is 5.26 Å². The van der Waals surface area contributed by atoms with Crippen LogP contribution in [0.15, 0.2) is 30.0 Å². The minimum atomic E-state index is -0.363. The Hall–Kier alpha value is -2.45. The number of allylic oxidation sites excluding steroid dienone is 1. The Morgan fingerprint density at radius 1 is 1.43 bits per heavy atom. The SMILES string of the molecule is COc1cc2[nH]c(C(=O)/C(C#N)=C/N(C)C)cc2cc1Cl. The molecular weight excluding hydrogens is 290 g/mol. The van der Waals surface area contributed by atoms with Gasteiger partial charge in [0.15, 0.2) is 0 Å². The van der Waals surface area contributed by atoms with Gasteiger partial charge >= 0.3 is 0 Å². The molecule has 6 heteroatoms. The average molecular weight is 304 g/mol. The van der Waals surface area contributed by atoms with E-state index < -0.39 is 0 Å². The van der Waals surface area contributed by atoms with Gasteiger partial charge in [-0.2, -0.15) is 5.26 Å². The van der Waals surface area contributed by atoms with Crippen LogP contribution in [0.5, 0.6) is 5.75 Å². The van der Waals surface area contributed by atoms with Crippen LogP contribution in [0.4, 0.5) is 0 Å². The Balaban J connectivity index is 2.48. The molecule has 5 nitrogen and oxygen atoms in total. The van der Waals surface area contributed by atoms with Crippen molar-refractivity contribution >= 4 is 28.3 Å². The van der Waals surface area contributed by atoms with Crippen molar-refractivity contribution in [2.24, 2.45) is 0 Å². The predicted molar refractivity (Wildman–Crippen MR) is 81.6 cm³/mol. The van der Waals surface area contributed by atoms with Gasteiger partial charge in [0.2, 0.25) is 5.78 Å². The number of halogens is 1. The van der Waals surface area contributed by atoms with Gasteiger partial charge < -0.3 is 14.6 Å². The van der Waals surface area contributed by atoms with E-state index >= 15 is 0 Å². The summed E-state index contributed by atoms with van der Waals surface area (Å²) in [6.07, 6.45) is 1.49. The summed E-state index contributed by atoms with van der Waals surface area (Å²) in [5.41, 5.74) is 1.12. The number of methoxy groups -OCH3 is 1. The van der Waals surface area contributed by atoms with E-state index in [0.717, 1.165) is 10.9 Å². The average Bonchev–Trinajstić information content (AvgIpc) is 2.85.